The van der Waals surface area contributed by atoms with Gasteiger partial charge in [-0.15, -0.1) is 11.8 Å². The van der Waals surface area contributed by atoms with Crippen molar-refractivity contribution < 1.29 is 33.6 Å². The van der Waals surface area contributed by atoms with Crippen molar-refractivity contribution in [1.29, 1.82) is 0 Å². The Morgan fingerprint density at radius 1 is 1.21 bits per heavy atom. The zero-order chi connectivity index (χ0) is 11.1. The molecule has 0 aromatic heterocycles. The average molecular weight is 234 g/mol. The topological polar surface area (TPSA) is 80.9 Å². The van der Waals surface area contributed by atoms with E-state index in [4.69, 9.17) is 20.4 Å². The molecule has 4 unspecified atom stereocenters. The third kappa shape index (κ3) is 1.72. The molecule has 0 aliphatic carbocycles. The standard InChI is InChI=1S/C6H9F3O4S/c7-6(8,9)5(13)4(12)3(11)2(10)1-14-5/h2-4,10-13H,1H2. The van der Waals surface area contributed by atoms with Gasteiger partial charge in [-0.1, -0.05) is 0 Å². The number of rotatable bonds is 0. The molecular weight excluding hydrogens is 225 g/mol. The molecule has 0 radical (unpaired) electrons. The van der Waals surface area contributed by atoms with Crippen molar-refractivity contribution in [2.45, 2.75) is 29.4 Å². The lowest BCUT2D eigenvalue weighted by Crippen LogP contribution is -2.62. The molecule has 1 heterocycles. The van der Waals surface area contributed by atoms with E-state index in [1.807, 2.05) is 0 Å². The summed E-state index contributed by atoms with van der Waals surface area (Å²) in [4.78, 5) is -3.41. The maximum Gasteiger partial charge on any atom is 0.429 e. The molecule has 4 nitrogen and oxygen atoms in total. The molecule has 0 amide bonds. The van der Waals surface area contributed by atoms with E-state index in [9.17, 15) is 13.2 Å². The average Bonchev–Trinajstić information content (AvgIpc) is 2.06. The van der Waals surface area contributed by atoms with Gasteiger partial charge in [0, 0.05) is 5.75 Å². The van der Waals surface area contributed by atoms with Crippen LogP contribution in [0.2, 0.25) is 0 Å². The van der Waals surface area contributed by atoms with Crippen LogP contribution >= 0.6 is 11.8 Å². The van der Waals surface area contributed by atoms with E-state index in [1.54, 1.807) is 0 Å². The van der Waals surface area contributed by atoms with Gasteiger partial charge in [0.2, 0.25) is 4.93 Å². The van der Waals surface area contributed by atoms with Crippen LogP contribution in [-0.4, -0.2) is 55.6 Å². The highest BCUT2D eigenvalue weighted by Gasteiger charge is 2.63. The minimum atomic E-state index is -5.06. The van der Waals surface area contributed by atoms with Crippen LogP contribution in [0.15, 0.2) is 0 Å². The predicted octanol–water partition coefficient (Wildman–Crippen LogP) is -0.933. The maximum absolute atomic E-state index is 12.3. The fourth-order valence-electron chi connectivity index (χ4n) is 1.09. The SMILES string of the molecule is OC1CSC(O)(C(F)(F)F)C(O)C1O. The van der Waals surface area contributed by atoms with Gasteiger partial charge in [-0.05, 0) is 0 Å². The van der Waals surface area contributed by atoms with Crippen LogP contribution in [-0.2, 0) is 0 Å². The van der Waals surface area contributed by atoms with Gasteiger partial charge in [-0.3, -0.25) is 0 Å². The van der Waals surface area contributed by atoms with Crippen LogP contribution in [0.3, 0.4) is 0 Å². The molecule has 84 valence electrons. The lowest BCUT2D eigenvalue weighted by Gasteiger charge is -2.41. The highest BCUT2D eigenvalue weighted by atomic mass is 32.2. The number of alkyl halides is 3. The number of aliphatic hydroxyl groups is 4. The molecule has 1 aliphatic rings. The zero-order valence-corrected chi connectivity index (χ0v) is 7.59. The smallest absolute Gasteiger partial charge is 0.389 e. The molecule has 0 aromatic rings. The number of hydrogen-bond acceptors (Lipinski definition) is 5. The van der Waals surface area contributed by atoms with E-state index in [1.165, 1.54) is 0 Å². The normalized spacial score (nSPS) is 45.2. The summed E-state index contributed by atoms with van der Waals surface area (Å²) in [5.41, 5.74) is 0. The molecular formula is C6H9F3O4S. The third-order valence-corrected chi connectivity index (χ3v) is 3.42. The Balaban J connectivity index is 2.91. The first kappa shape index (κ1) is 12.1. The lowest BCUT2D eigenvalue weighted by atomic mass is 10.0. The van der Waals surface area contributed by atoms with Crippen molar-refractivity contribution in [2.75, 3.05) is 5.75 Å². The van der Waals surface area contributed by atoms with Crippen molar-refractivity contribution in [3.63, 3.8) is 0 Å². The molecule has 0 bridgehead atoms. The maximum atomic E-state index is 12.3. The summed E-state index contributed by atoms with van der Waals surface area (Å²) < 4.78 is 36.8. The number of hydrogen-bond donors (Lipinski definition) is 4. The van der Waals surface area contributed by atoms with Gasteiger partial charge in [0.25, 0.3) is 0 Å². The van der Waals surface area contributed by atoms with Gasteiger partial charge in [0.1, 0.15) is 12.2 Å². The molecule has 1 rings (SSSR count). The zero-order valence-electron chi connectivity index (χ0n) is 6.77. The quantitative estimate of drug-likeness (QED) is 0.435. The molecule has 8 heteroatoms. The molecule has 14 heavy (non-hydrogen) atoms. The Labute approximate surface area is 81.4 Å². The molecule has 0 spiro atoms. The highest BCUT2D eigenvalue weighted by Crippen LogP contribution is 2.46. The van der Waals surface area contributed by atoms with Crippen molar-refractivity contribution in [1.82, 2.24) is 0 Å². The van der Waals surface area contributed by atoms with Crippen LogP contribution in [0.4, 0.5) is 13.2 Å². The second-order valence-corrected chi connectivity index (χ2v) is 4.25. The summed E-state index contributed by atoms with van der Waals surface area (Å²) in [6.07, 6.45) is -11.0. The Bertz CT molecular complexity index is 224. The summed E-state index contributed by atoms with van der Waals surface area (Å²) in [7, 11) is 0. The van der Waals surface area contributed by atoms with E-state index in [2.05, 4.69) is 0 Å². The van der Waals surface area contributed by atoms with E-state index < -0.39 is 35.2 Å². The third-order valence-electron chi connectivity index (χ3n) is 2.00. The van der Waals surface area contributed by atoms with Crippen LogP contribution in [0.5, 0.6) is 0 Å². The molecule has 4 atom stereocenters. The van der Waals surface area contributed by atoms with E-state index >= 15 is 0 Å². The Kier molecular flexibility index (Phi) is 3.04. The second-order valence-electron chi connectivity index (χ2n) is 3.01. The van der Waals surface area contributed by atoms with Crippen LogP contribution in [0.1, 0.15) is 0 Å². The van der Waals surface area contributed by atoms with Gasteiger partial charge in [-0.25, -0.2) is 0 Å². The minimum absolute atomic E-state index is 0.0370. The molecule has 0 aromatic carbocycles. The molecule has 1 fully saturated rings. The highest BCUT2D eigenvalue weighted by molar-refractivity contribution is 8.00. The number of thioether (sulfide) groups is 1. The Morgan fingerprint density at radius 2 is 1.71 bits per heavy atom. The summed E-state index contributed by atoms with van der Waals surface area (Å²) in [5.74, 6) is -0.492. The summed E-state index contributed by atoms with van der Waals surface area (Å²) in [6.45, 7) is 0. The van der Waals surface area contributed by atoms with Crippen molar-refractivity contribution >= 4 is 11.8 Å². The van der Waals surface area contributed by atoms with E-state index in [-0.39, 0.29) is 11.8 Å². The van der Waals surface area contributed by atoms with Gasteiger partial charge in [-0.2, -0.15) is 13.2 Å². The second kappa shape index (κ2) is 3.53. The summed E-state index contributed by atoms with van der Waals surface area (Å²) >= 11 is -0.0370. The molecule has 4 N–H and O–H groups in total. The lowest BCUT2D eigenvalue weighted by molar-refractivity contribution is -0.267. The Morgan fingerprint density at radius 3 is 2.14 bits per heavy atom. The van der Waals surface area contributed by atoms with Crippen molar-refractivity contribution in [3.8, 4) is 0 Å². The first-order valence-corrected chi connectivity index (χ1v) is 4.66. The molecule has 1 aliphatic heterocycles. The van der Waals surface area contributed by atoms with Crippen molar-refractivity contribution in [3.05, 3.63) is 0 Å². The molecule has 1 saturated heterocycles. The number of halogens is 3. The van der Waals surface area contributed by atoms with Crippen LogP contribution in [0, 0.1) is 0 Å². The Hall–Kier alpha value is -0.0200. The van der Waals surface area contributed by atoms with Crippen LogP contribution in [0.25, 0.3) is 0 Å². The van der Waals surface area contributed by atoms with Gasteiger partial charge >= 0.3 is 6.18 Å². The largest absolute Gasteiger partial charge is 0.429 e. The first-order valence-electron chi connectivity index (χ1n) is 3.67. The van der Waals surface area contributed by atoms with Gasteiger partial charge in [0.05, 0.1) is 6.10 Å². The summed E-state index contributed by atoms with van der Waals surface area (Å²) in [6, 6.07) is 0. The first-order chi connectivity index (χ1) is 6.20. The van der Waals surface area contributed by atoms with E-state index in [0.717, 1.165) is 0 Å². The van der Waals surface area contributed by atoms with E-state index in [0.29, 0.717) is 0 Å². The predicted molar refractivity (Wildman–Crippen MR) is 41.5 cm³/mol. The van der Waals surface area contributed by atoms with Gasteiger partial charge in [0.15, 0.2) is 0 Å². The summed E-state index contributed by atoms with van der Waals surface area (Å²) in [5, 5.41) is 36.0. The minimum Gasteiger partial charge on any atom is -0.389 e. The fraction of sp³-hybridized carbons (Fsp3) is 1.00. The molecule has 0 saturated carbocycles. The monoisotopic (exact) mass is 234 g/mol. The van der Waals surface area contributed by atoms with Crippen molar-refractivity contribution in [2.24, 2.45) is 0 Å². The fourth-order valence-corrected chi connectivity index (χ4v) is 2.18. The number of aliphatic hydroxyl groups excluding tert-OH is 3. The van der Waals surface area contributed by atoms with Crippen LogP contribution < -0.4 is 0 Å². The van der Waals surface area contributed by atoms with Gasteiger partial charge < -0.3 is 20.4 Å².